The Morgan fingerprint density at radius 1 is 1.42 bits per heavy atom. The van der Waals surface area contributed by atoms with Crippen LogP contribution in [0.4, 0.5) is 0 Å². The second-order valence-electron chi connectivity index (χ2n) is 4.87. The molecule has 0 spiro atoms. The molecule has 0 aliphatic heterocycles. The van der Waals surface area contributed by atoms with Gasteiger partial charge in [0.25, 0.3) is 10.2 Å². The van der Waals surface area contributed by atoms with Crippen LogP contribution in [0.15, 0.2) is 0 Å². The molecule has 110 valence electrons. The summed E-state index contributed by atoms with van der Waals surface area (Å²) in [5.41, 5.74) is 0. The normalized spacial score (nSPS) is 15.2. The Balaban J connectivity index is 4.91. The lowest BCUT2D eigenvalue weighted by Gasteiger charge is -2.25. The fourth-order valence-corrected chi connectivity index (χ4v) is 2.70. The fraction of sp³-hybridized carbons (Fsp3) is 0.818. The van der Waals surface area contributed by atoms with Gasteiger partial charge in [0.1, 0.15) is 6.04 Å². The molecule has 0 bridgehead atoms. The quantitative estimate of drug-likeness (QED) is 0.678. The number of hydrogen-bond acceptors (Lipinski definition) is 4. The Hall–Kier alpha value is -1.17. The lowest BCUT2D eigenvalue weighted by molar-refractivity contribution is -0.139. The number of carboxylic acids is 1. The number of carbonyl (C=O) groups is 1. The summed E-state index contributed by atoms with van der Waals surface area (Å²) < 4.78 is 27.1. The largest absolute Gasteiger partial charge is 0.480 e. The van der Waals surface area contributed by atoms with E-state index in [-0.39, 0.29) is 18.8 Å². The van der Waals surface area contributed by atoms with Crippen LogP contribution in [-0.2, 0) is 15.0 Å². The molecule has 0 saturated carbocycles. The summed E-state index contributed by atoms with van der Waals surface area (Å²) in [5.74, 6) is -1.16. The van der Waals surface area contributed by atoms with E-state index < -0.39 is 28.3 Å². The molecule has 8 heteroatoms. The fourth-order valence-electron chi connectivity index (χ4n) is 1.43. The molecule has 0 saturated heterocycles. The number of carboxylic acid groups (broad SMARTS) is 1. The summed E-state index contributed by atoms with van der Waals surface area (Å²) in [6, 6.07) is 0.196. The molecule has 0 aromatic carbocycles. The molecular formula is C11H21N3O4S. The standard InChI is InChI=1S/C11H21N3O4S/c1-8(2)7-10(11(15)16)13-19(17,18)14(4)9(3)5-6-12/h8-10,13H,5,7H2,1-4H3,(H,15,16). The van der Waals surface area contributed by atoms with Crippen LogP contribution in [0, 0.1) is 17.2 Å². The molecule has 0 radical (unpaired) electrons. The van der Waals surface area contributed by atoms with Crippen molar-refractivity contribution in [1.29, 1.82) is 5.26 Å². The first-order valence-electron chi connectivity index (χ1n) is 5.96. The Morgan fingerprint density at radius 3 is 2.32 bits per heavy atom. The van der Waals surface area contributed by atoms with Gasteiger partial charge in [-0.2, -0.15) is 22.7 Å². The molecular weight excluding hydrogens is 270 g/mol. The topological polar surface area (TPSA) is 111 Å². The third-order valence-electron chi connectivity index (χ3n) is 2.68. The first kappa shape index (κ1) is 17.8. The number of nitriles is 1. The van der Waals surface area contributed by atoms with Crippen molar-refractivity contribution < 1.29 is 18.3 Å². The van der Waals surface area contributed by atoms with E-state index in [0.29, 0.717) is 0 Å². The van der Waals surface area contributed by atoms with E-state index in [1.54, 1.807) is 6.92 Å². The van der Waals surface area contributed by atoms with Crippen LogP contribution in [0.5, 0.6) is 0 Å². The zero-order chi connectivity index (χ0) is 15.2. The molecule has 0 aromatic rings. The number of rotatable bonds is 8. The van der Waals surface area contributed by atoms with E-state index in [1.807, 2.05) is 19.9 Å². The molecule has 2 atom stereocenters. The highest BCUT2D eigenvalue weighted by atomic mass is 32.2. The molecule has 19 heavy (non-hydrogen) atoms. The van der Waals surface area contributed by atoms with Gasteiger partial charge in [-0.15, -0.1) is 0 Å². The average molecular weight is 291 g/mol. The summed E-state index contributed by atoms with van der Waals surface area (Å²) in [6.07, 6.45) is 0.244. The van der Waals surface area contributed by atoms with E-state index in [1.165, 1.54) is 7.05 Å². The number of nitrogens with one attached hydrogen (secondary N) is 1. The van der Waals surface area contributed by atoms with Crippen molar-refractivity contribution >= 4 is 16.2 Å². The number of aliphatic carboxylic acids is 1. The predicted octanol–water partition coefficient (Wildman–Crippen LogP) is 0.554. The Labute approximate surface area is 114 Å². The van der Waals surface area contributed by atoms with Gasteiger partial charge in [0.2, 0.25) is 0 Å². The summed E-state index contributed by atoms with van der Waals surface area (Å²) in [6.45, 7) is 5.21. The van der Waals surface area contributed by atoms with Gasteiger partial charge >= 0.3 is 5.97 Å². The summed E-state index contributed by atoms with van der Waals surface area (Å²) >= 11 is 0. The maximum absolute atomic E-state index is 12.0. The SMILES string of the molecule is CC(C)CC(NS(=O)(=O)N(C)C(C)CC#N)C(=O)O. The van der Waals surface area contributed by atoms with Gasteiger partial charge in [0, 0.05) is 13.1 Å². The van der Waals surface area contributed by atoms with Crippen molar-refractivity contribution in [2.24, 2.45) is 5.92 Å². The molecule has 7 nitrogen and oxygen atoms in total. The van der Waals surface area contributed by atoms with E-state index >= 15 is 0 Å². The van der Waals surface area contributed by atoms with Crippen LogP contribution < -0.4 is 4.72 Å². The third-order valence-corrected chi connectivity index (χ3v) is 4.38. The minimum absolute atomic E-state index is 0.0410. The van der Waals surface area contributed by atoms with Crippen molar-refractivity contribution in [3.63, 3.8) is 0 Å². The molecule has 0 rings (SSSR count). The summed E-state index contributed by atoms with van der Waals surface area (Å²) in [5, 5.41) is 17.6. The zero-order valence-corrected chi connectivity index (χ0v) is 12.4. The molecule has 0 aliphatic rings. The van der Waals surface area contributed by atoms with E-state index in [4.69, 9.17) is 10.4 Å². The maximum Gasteiger partial charge on any atom is 0.321 e. The molecule has 2 N–H and O–H groups in total. The smallest absolute Gasteiger partial charge is 0.321 e. The van der Waals surface area contributed by atoms with Gasteiger partial charge in [0.05, 0.1) is 12.5 Å². The first-order chi connectivity index (χ1) is 8.61. The first-order valence-corrected chi connectivity index (χ1v) is 7.40. The van der Waals surface area contributed by atoms with Gasteiger partial charge < -0.3 is 5.11 Å². The highest BCUT2D eigenvalue weighted by Crippen LogP contribution is 2.10. The van der Waals surface area contributed by atoms with Gasteiger partial charge in [-0.3, -0.25) is 4.79 Å². The summed E-state index contributed by atoms with van der Waals surface area (Å²) in [7, 11) is -2.60. The van der Waals surface area contributed by atoms with Crippen LogP contribution >= 0.6 is 0 Å². The van der Waals surface area contributed by atoms with Crippen molar-refractivity contribution in [3.8, 4) is 6.07 Å². The maximum atomic E-state index is 12.0. The Morgan fingerprint density at radius 2 is 1.95 bits per heavy atom. The van der Waals surface area contributed by atoms with Crippen molar-refractivity contribution in [1.82, 2.24) is 9.03 Å². The van der Waals surface area contributed by atoms with Gasteiger partial charge in [-0.1, -0.05) is 13.8 Å². The molecule has 0 aromatic heterocycles. The van der Waals surface area contributed by atoms with Crippen LogP contribution in [0.3, 0.4) is 0 Å². The van der Waals surface area contributed by atoms with Crippen LogP contribution in [0.25, 0.3) is 0 Å². The van der Waals surface area contributed by atoms with Crippen LogP contribution in [0.1, 0.15) is 33.6 Å². The van der Waals surface area contributed by atoms with E-state index in [0.717, 1.165) is 4.31 Å². The van der Waals surface area contributed by atoms with E-state index in [9.17, 15) is 13.2 Å². The van der Waals surface area contributed by atoms with Gasteiger partial charge in [-0.05, 0) is 19.3 Å². The van der Waals surface area contributed by atoms with E-state index in [2.05, 4.69) is 4.72 Å². The van der Waals surface area contributed by atoms with Crippen LogP contribution in [0.2, 0.25) is 0 Å². The highest BCUT2D eigenvalue weighted by Gasteiger charge is 2.29. The molecule has 2 unspecified atom stereocenters. The summed E-state index contributed by atoms with van der Waals surface area (Å²) in [4.78, 5) is 11.0. The predicted molar refractivity (Wildman–Crippen MR) is 70.4 cm³/mol. The average Bonchev–Trinajstić information content (AvgIpc) is 2.26. The highest BCUT2D eigenvalue weighted by molar-refractivity contribution is 7.87. The van der Waals surface area contributed by atoms with Gasteiger partial charge in [-0.25, -0.2) is 0 Å². The minimum Gasteiger partial charge on any atom is -0.480 e. The Bertz CT molecular complexity index is 441. The zero-order valence-electron chi connectivity index (χ0n) is 11.6. The lowest BCUT2D eigenvalue weighted by atomic mass is 10.1. The van der Waals surface area contributed by atoms with Crippen molar-refractivity contribution in [3.05, 3.63) is 0 Å². The molecule has 0 amide bonds. The minimum atomic E-state index is -3.92. The number of hydrogen-bond donors (Lipinski definition) is 2. The van der Waals surface area contributed by atoms with Crippen LogP contribution in [-0.4, -0.2) is 42.9 Å². The van der Waals surface area contributed by atoms with Gasteiger partial charge in [0.15, 0.2) is 0 Å². The second kappa shape index (κ2) is 7.43. The number of nitrogens with zero attached hydrogens (tertiary/aromatic N) is 2. The molecule has 0 heterocycles. The third kappa shape index (κ3) is 6.00. The Kier molecular flexibility index (Phi) is 6.97. The monoisotopic (exact) mass is 291 g/mol. The second-order valence-corrected chi connectivity index (χ2v) is 6.63. The van der Waals surface area contributed by atoms with Crippen molar-refractivity contribution in [2.75, 3.05) is 7.05 Å². The lowest BCUT2D eigenvalue weighted by Crippen LogP contribution is -2.49. The molecule has 0 fully saturated rings. The van der Waals surface area contributed by atoms with Crippen molar-refractivity contribution in [2.45, 2.75) is 45.7 Å². The molecule has 0 aliphatic carbocycles.